The Hall–Kier alpha value is -1.70. The van der Waals surface area contributed by atoms with Crippen LogP contribution in [0.3, 0.4) is 0 Å². The molecule has 4 nitrogen and oxygen atoms in total. The number of ketones is 1. The van der Waals surface area contributed by atoms with Crippen molar-refractivity contribution in [3.63, 3.8) is 0 Å². The summed E-state index contributed by atoms with van der Waals surface area (Å²) in [7, 11) is 4.14. The number of Topliss-reactive ketones (excluding diaryl/α,β-unsaturated/α-hetero) is 1. The molecule has 1 aromatic rings. The van der Waals surface area contributed by atoms with Crippen molar-refractivity contribution in [2.45, 2.75) is 18.9 Å². The maximum Gasteiger partial charge on any atom is 0.176 e. The summed E-state index contributed by atoms with van der Waals surface area (Å²) in [5.41, 5.74) is 1.28. The summed E-state index contributed by atoms with van der Waals surface area (Å²) in [6.45, 7) is 2.48. The van der Waals surface area contributed by atoms with Crippen LogP contribution < -0.4 is 0 Å². The second kappa shape index (κ2) is 6.65. The number of hydrogen-bond donors (Lipinski definition) is 0. The van der Waals surface area contributed by atoms with Crippen LogP contribution in [-0.2, 0) is 0 Å². The second-order valence-electron chi connectivity index (χ2n) is 5.64. The first-order valence-corrected chi connectivity index (χ1v) is 7.02. The van der Waals surface area contributed by atoms with Crippen molar-refractivity contribution in [2.75, 3.05) is 33.7 Å². The molecule has 1 saturated heterocycles. The van der Waals surface area contributed by atoms with Gasteiger partial charge in [0.05, 0.1) is 18.2 Å². The Labute approximate surface area is 120 Å². The number of nitrogens with zero attached hydrogens (tertiary/aromatic N) is 3. The molecule has 1 aromatic carbocycles. The van der Waals surface area contributed by atoms with Crippen LogP contribution in [0.5, 0.6) is 0 Å². The molecule has 1 aliphatic rings. The molecule has 0 amide bonds. The van der Waals surface area contributed by atoms with Gasteiger partial charge in [-0.2, -0.15) is 5.26 Å². The Morgan fingerprint density at radius 3 is 2.70 bits per heavy atom. The SMILES string of the molecule is CN(C)CC1CCCN1CC(=O)c1ccc(C#N)cc1. The van der Waals surface area contributed by atoms with E-state index in [1.165, 1.54) is 12.8 Å². The number of carbonyl (C=O) groups excluding carboxylic acids is 1. The normalized spacial score (nSPS) is 19.2. The molecular formula is C16H21N3O. The maximum absolute atomic E-state index is 12.3. The number of likely N-dealkylation sites (tertiary alicyclic amines) is 1. The van der Waals surface area contributed by atoms with Crippen LogP contribution >= 0.6 is 0 Å². The molecule has 0 saturated carbocycles. The first-order chi connectivity index (χ1) is 9.60. The Balaban J connectivity index is 1.98. The molecule has 1 unspecified atom stereocenters. The van der Waals surface area contributed by atoms with Gasteiger partial charge in [0.2, 0.25) is 0 Å². The zero-order valence-electron chi connectivity index (χ0n) is 12.2. The van der Waals surface area contributed by atoms with Crippen LogP contribution in [0.4, 0.5) is 0 Å². The molecule has 0 radical (unpaired) electrons. The lowest BCUT2D eigenvalue weighted by molar-refractivity contribution is 0.0910. The Kier molecular flexibility index (Phi) is 4.89. The first-order valence-electron chi connectivity index (χ1n) is 7.02. The molecule has 0 N–H and O–H groups in total. The van der Waals surface area contributed by atoms with E-state index in [-0.39, 0.29) is 5.78 Å². The highest BCUT2D eigenvalue weighted by Gasteiger charge is 2.26. The Bertz CT molecular complexity index is 501. The van der Waals surface area contributed by atoms with Gasteiger partial charge in [0.25, 0.3) is 0 Å². The molecule has 1 atom stereocenters. The largest absolute Gasteiger partial charge is 0.308 e. The molecule has 4 heteroatoms. The van der Waals surface area contributed by atoms with Crippen molar-refractivity contribution < 1.29 is 4.79 Å². The van der Waals surface area contributed by atoms with Crippen LogP contribution in [-0.4, -0.2) is 55.4 Å². The number of benzene rings is 1. The van der Waals surface area contributed by atoms with Crippen LogP contribution in [0, 0.1) is 11.3 Å². The van der Waals surface area contributed by atoms with Gasteiger partial charge in [-0.15, -0.1) is 0 Å². The average molecular weight is 271 g/mol. The topological polar surface area (TPSA) is 47.3 Å². The fourth-order valence-electron chi connectivity index (χ4n) is 2.74. The lowest BCUT2D eigenvalue weighted by Crippen LogP contribution is -2.40. The van der Waals surface area contributed by atoms with E-state index < -0.39 is 0 Å². The third-order valence-corrected chi connectivity index (χ3v) is 3.76. The van der Waals surface area contributed by atoms with E-state index in [0.717, 1.165) is 13.1 Å². The van der Waals surface area contributed by atoms with Gasteiger partial charge in [-0.1, -0.05) is 12.1 Å². The van der Waals surface area contributed by atoms with Gasteiger partial charge in [-0.25, -0.2) is 0 Å². The van der Waals surface area contributed by atoms with Crippen molar-refractivity contribution in [1.29, 1.82) is 5.26 Å². The standard InChI is InChI=1S/C16H21N3O/c1-18(2)11-15-4-3-9-19(15)12-16(20)14-7-5-13(10-17)6-8-14/h5-8,15H,3-4,9,11-12H2,1-2H3. The number of carbonyl (C=O) groups is 1. The predicted molar refractivity (Wildman–Crippen MR) is 78.6 cm³/mol. The van der Waals surface area contributed by atoms with Crippen molar-refractivity contribution >= 4 is 5.78 Å². The quantitative estimate of drug-likeness (QED) is 0.766. The molecule has 20 heavy (non-hydrogen) atoms. The molecule has 0 aliphatic carbocycles. The summed E-state index contributed by atoms with van der Waals surface area (Å²) in [4.78, 5) is 16.7. The number of hydrogen-bond acceptors (Lipinski definition) is 4. The highest BCUT2D eigenvalue weighted by atomic mass is 16.1. The van der Waals surface area contributed by atoms with Crippen LogP contribution in [0.1, 0.15) is 28.8 Å². The van der Waals surface area contributed by atoms with Crippen molar-refractivity contribution in [1.82, 2.24) is 9.80 Å². The van der Waals surface area contributed by atoms with E-state index in [4.69, 9.17) is 5.26 Å². The fraction of sp³-hybridized carbons (Fsp3) is 0.500. The molecule has 1 fully saturated rings. The third kappa shape index (κ3) is 3.66. The number of nitriles is 1. The molecule has 0 bridgehead atoms. The van der Waals surface area contributed by atoms with Crippen LogP contribution in [0.2, 0.25) is 0 Å². The first kappa shape index (κ1) is 14.7. The van der Waals surface area contributed by atoms with Crippen molar-refractivity contribution in [3.8, 4) is 6.07 Å². The van der Waals surface area contributed by atoms with Crippen LogP contribution in [0.15, 0.2) is 24.3 Å². The minimum atomic E-state index is 0.139. The second-order valence-corrected chi connectivity index (χ2v) is 5.64. The molecule has 1 aliphatic heterocycles. The van der Waals surface area contributed by atoms with E-state index >= 15 is 0 Å². The molecule has 1 heterocycles. The zero-order chi connectivity index (χ0) is 14.5. The zero-order valence-corrected chi connectivity index (χ0v) is 12.2. The maximum atomic E-state index is 12.3. The summed E-state index contributed by atoms with van der Waals surface area (Å²) in [6.07, 6.45) is 2.33. The third-order valence-electron chi connectivity index (χ3n) is 3.76. The van der Waals surface area contributed by atoms with Gasteiger partial charge in [0.15, 0.2) is 5.78 Å². The highest BCUT2D eigenvalue weighted by Crippen LogP contribution is 2.18. The summed E-state index contributed by atoms with van der Waals surface area (Å²) in [5.74, 6) is 0.139. The smallest absolute Gasteiger partial charge is 0.176 e. The van der Waals surface area contributed by atoms with Gasteiger partial charge in [-0.05, 0) is 45.6 Å². The van der Waals surface area contributed by atoms with Gasteiger partial charge < -0.3 is 4.90 Å². The Morgan fingerprint density at radius 1 is 1.40 bits per heavy atom. The minimum absolute atomic E-state index is 0.139. The van der Waals surface area contributed by atoms with E-state index in [0.29, 0.717) is 23.7 Å². The van der Waals surface area contributed by atoms with Crippen LogP contribution in [0.25, 0.3) is 0 Å². The monoisotopic (exact) mass is 271 g/mol. The summed E-state index contributed by atoms with van der Waals surface area (Å²) >= 11 is 0. The highest BCUT2D eigenvalue weighted by molar-refractivity contribution is 5.97. The number of likely N-dealkylation sites (N-methyl/N-ethyl adjacent to an activating group) is 1. The van der Waals surface area contributed by atoms with Crippen molar-refractivity contribution in [2.24, 2.45) is 0 Å². The lowest BCUT2D eigenvalue weighted by atomic mass is 10.1. The molecule has 0 spiro atoms. The molecule has 106 valence electrons. The summed E-state index contributed by atoms with van der Waals surface area (Å²) in [6, 6.07) is 9.45. The van der Waals surface area contributed by atoms with E-state index in [1.807, 2.05) is 0 Å². The summed E-state index contributed by atoms with van der Waals surface area (Å²) < 4.78 is 0. The van der Waals surface area contributed by atoms with E-state index in [2.05, 4.69) is 30.0 Å². The predicted octanol–water partition coefficient (Wildman–Crippen LogP) is 1.77. The van der Waals surface area contributed by atoms with Gasteiger partial charge in [-0.3, -0.25) is 9.69 Å². The van der Waals surface area contributed by atoms with E-state index in [1.54, 1.807) is 24.3 Å². The molecular weight excluding hydrogens is 250 g/mol. The summed E-state index contributed by atoms with van der Waals surface area (Å²) in [5, 5.41) is 8.77. The Morgan fingerprint density at radius 2 is 2.10 bits per heavy atom. The minimum Gasteiger partial charge on any atom is -0.308 e. The van der Waals surface area contributed by atoms with Gasteiger partial charge >= 0.3 is 0 Å². The lowest BCUT2D eigenvalue weighted by Gasteiger charge is -2.26. The van der Waals surface area contributed by atoms with Gasteiger partial charge in [0, 0.05) is 18.2 Å². The van der Waals surface area contributed by atoms with Crippen molar-refractivity contribution in [3.05, 3.63) is 35.4 Å². The average Bonchev–Trinajstić information content (AvgIpc) is 2.85. The van der Waals surface area contributed by atoms with Gasteiger partial charge in [0.1, 0.15) is 0 Å². The molecule has 0 aromatic heterocycles. The number of rotatable bonds is 5. The fourth-order valence-corrected chi connectivity index (χ4v) is 2.74. The molecule has 2 rings (SSSR count). The van der Waals surface area contributed by atoms with E-state index in [9.17, 15) is 4.79 Å².